The van der Waals surface area contributed by atoms with Crippen LogP contribution in [0.4, 0.5) is 5.82 Å². The number of thiazole rings is 2. The third-order valence-electron chi connectivity index (χ3n) is 9.72. The average Bonchev–Trinajstić information content (AvgIpc) is 3.97. The van der Waals surface area contributed by atoms with E-state index < -0.39 is 16.8 Å². The maximum Gasteiger partial charge on any atom is 0.355 e. The second kappa shape index (κ2) is 27.3. The quantitative estimate of drug-likeness (QED) is 0.0690. The Labute approximate surface area is 423 Å². The molecule has 0 radical (unpaired) electrons. The number of alkyl halides is 2. The van der Waals surface area contributed by atoms with Crippen LogP contribution in [0.25, 0.3) is 4.85 Å². The molecule has 2 aromatic heterocycles. The number of hydrogen-bond donors (Lipinski definition) is 1. The zero-order valence-electron chi connectivity index (χ0n) is 34.4. The number of hydrogen-bond acceptors (Lipinski definition) is 11. The summed E-state index contributed by atoms with van der Waals surface area (Å²) in [5.74, 6) is 1.98. The van der Waals surface area contributed by atoms with Gasteiger partial charge >= 0.3 is 5.97 Å². The molecule has 1 N–H and O–H groups in total. The van der Waals surface area contributed by atoms with Crippen molar-refractivity contribution < 1.29 is 28.8 Å². The number of aromatic carboxylic acids is 1. The third-order valence-corrected chi connectivity index (χ3v) is 12.2. The molecule has 0 saturated heterocycles. The maximum atomic E-state index is 10.9. The van der Waals surface area contributed by atoms with Gasteiger partial charge in [0, 0.05) is 21.6 Å². The number of carboxylic acid groups (broad SMARTS) is 1. The molecular weight excluding hydrogens is 973 g/mol. The first-order valence-corrected chi connectivity index (χ1v) is 22.6. The molecule has 0 atom stereocenters. The van der Waals surface area contributed by atoms with Crippen LogP contribution < -0.4 is 18.9 Å². The van der Waals surface area contributed by atoms with Gasteiger partial charge < -0.3 is 28.9 Å². The molecule has 0 saturated carbocycles. The summed E-state index contributed by atoms with van der Waals surface area (Å²) in [7, 11) is 0. The predicted molar refractivity (Wildman–Crippen MR) is 275 cm³/mol. The molecule has 2 heterocycles. The number of carboxylic acids is 1. The Morgan fingerprint density at radius 1 is 0.672 bits per heavy atom. The second-order valence-electron chi connectivity index (χ2n) is 14.5. The number of nitrogens with zero attached hydrogens (tertiary/aromatic N) is 5. The highest BCUT2D eigenvalue weighted by atomic mass is 35.5. The summed E-state index contributed by atoms with van der Waals surface area (Å²) >= 11 is 26.8. The van der Waals surface area contributed by atoms with Gasteiger partial charge in [0.1, 0.15) is 48.5 Å². The van der Waals surface area contributed by atoms with E-state index >= 15 is 0 Å². The largest absolute Gasteiger partial charge is 0.489 e. The van der Waals surface area contributed by atoms with Crippen LogP contribution in [0.3, 0.4) is 0 Å². The molecule has 67 heavy (non-hydrogen) atoms. The Morgan fingerprint density at radius 2 is 1.07 bits per heavy atom. The Balaban J connectivity index is 0.000000633. The molecule has 0 aliphatic rings. The summed E-state index contributed by atoms with van der Waals surface area (Å²) in [6.45, 7) is 16.2. The lowest BCUT2D eigenvalue weighted by Crippen LogP contribution is -2.19. The first-order valence-electron chi connectivity index (χ1n) is 19.0. The van der Waals surface area contributed by atoms with Gasteiger partial charge in [0.15, 0.2) is 23.8 Å². The highest BCUT2D eigenvalue weighted by Gasteiger charge is 2.28. The lowest BCUT2D eigenvalue weighted by molar-refractivity contribution is 0.0691. The van der Waals surface area contributed by atoms with Gasteiger partial charge in [-0.2, -0.15) is 10.5 Å². The molecule has 0 spiro atoms. The van der Waals surface area contributed by atoms with Gasteiger partial charge in [-0.3, -0.25) is 0 Å². The van der Waals surface area contributed by atoms with Crippen molar-refractivity contribution >= 4 is 80.9 Å². The third kappa shape index (κ3) is 15.2. The van der Waals surface area contributed by atoms with Crippen LogP contribution in [0.1, 0.15) is 111 Å². The van der Waals surface area contributed by atoms with Crippen LogP contribution >= 0.6 is 69.1 Å². The lowest BCUT2D eigenvalue weighted by Gasteiger charge is -2.27. The summed E-state index contributed by atoms with van der Waals surface area (Å²) in [5, 5.41) is 33.3. The van der Waals surface area contributed by atoms with Gasteiger partial charge in [0.05, 0.1) is 32.9 Å². The van der Waals surface area contributed by atoms with Crippen LogP contribution in [0.15, 0.2) is 83.6 Å². The van der Waals surface area contributed by atoms with Crippen molar-refractivity contribution in [3.63, 3.8) is 0 Å². The molecule has 17 heteroatoms. The molecule has 11 nitrogen and oxygen atoms in total. The monoisotopic (exact) mass is 1030 g/mol. The van der Waals surface area contributed by atoms with Crippen LogP contribution in [0, 0.1) is 29.2 Å². The molecule has 0 unspecified atom stereocenters. The number of halogens is 4. The zero-order valence-corrected chi connectivity index (χ0v) is 39.0. The molecule has 0 aliphatic heterocycles. The van der Waals surface area contributed by atoms with E-state index in [1.807, 2.05) is 68.4 Å². The highest BCUT2D eigenvalue weighted by Crippen LogP contribution is 2.40. The van der Waals surface area contributed by atoms with E-state index in [9.17, 15) is 15.3 Å². The molecule has 6 aromatic rings. The van der Waals surface area contributed by atoms with E-state index in [-0.39, 0.29) is 55.2 Å². The van der Waals surface area contributed by atoms with Crippen LogP contribution in [-0.2, 0) is 24.0 Å². The molecule has 0 fully saturated rings. The average molecular weight is 1030 g/mol. The molecule has 6 rings (SSSR count). The first-order chi connectivity index (χ1) is 30.1. The van der Waals surface area contributed by atoms with Gasteiger partial charge in [-0.15, -0.1) is 50.9 Å². The van der Waals surface area contributed by atoms with Crippen molar-refractivity contribution in [2.75, 3.05) is 25.0 Å². The molecule has 0 bridgehead atoms. The normalized spacial score (nSPS) is 10.3. The smallest absolute Gasteiger partial charge is 0.355 e. The molecule has 0 amide bonds. The number of ether oxygens (including phenoxy) is 4. The van der Waals surface area contributed by atoms with Crippen molar-refractivity contribution in [3.05, 3.63) is 154 Å². The first kappa shape index (κ1) is 59.5. The Kier molecular flexibility index (Phi) is 24.2. The van der Waals surface area contributed by atoms with Crippen LogP contribution in [-0.4, -0.2) is 46.0 Å². The second-order valence-corrected chi connectivity index (χ2v) is 17.9. The van der Waals surface area contributed by atoms with Gasteiger partial charge in [-0.25, -0.2) is 9.78 Å². The maximum absolute atomic E-state index is 10.9. The molecular formula is C50H55Cl4N5O6S2. The summed E-state index contributed by atoms with van der Waals surface area (Å²) in [5.41, 5.74) is 3.71. The molecule has 4 aromatic carbocycles. The Bertz CT molecular complexity index is 2670. The number of aromatic nitrogens is 2. The SMILES string of the molecule is C.C.C.C.CC(C)(c1ccc(OCc2nc(C(=O)O)cs2)cc1)c1cc(Cl)c(OCCCl)c(C#N)c1.[C-]#[N+]c1csc(COc2ccc(C(C)(C)c3cc(Cl)c(OCCCl)c(C#N)c3)cc2)n1. The minimum atomic E-state index is -1.06. The highest BCUT2D eigenvalue weighted by molar-refractivity contribution is 7.10. The van der Waals surface area contributed by atoms with Crippen molar-refractivity contribution in [2.45, 2.75) is 81.4 Å². The molecule has 0 aliphatic carbocycles. The summed E-state index contributed by atoms with van der Waals surface area (Å²) in [4.78, 5) is 22.4. The van der Waals surface area contributed by atoms with Gasteiger partial charge in [-0.05, 0) is 70.8 Å². The number of benzene rings is 4. The van der Waals surface area contributed by atoms with Gasteiger partial charge in [0.2, 0.25) is 5.01 Å². The van der Waals surface area contributed by atoms with E-state index in [0.717, 1.165) is 27.3 Å². The predicted octanol–water partition coefficient (Wildman–Crippen LogP) is 15.2. The van der Waals surface area contributed by atoms with E-state index in [2.05, 4.69) is 40.8 Å². The van der Waals surface area contributed by atoms with E-state index in [0.29, 0.717) is 73.4 Å². The zero-order chi connectivity index (χ0) is 45.7. The van der Waals surface area contributed by atoms with E-state index in [1.54, 1.807) is 23.6 Å². The Hall–Kier alpha value is -5.56. The van der Waals surface area contributed by atoms with Crippen molar-refractivity contribution in [2.24, 2.45) is 0 Å². The van der Waals surface area contributed by atoms with Crippen LogP contribution in [0.5, 0.6) is 23.0 Å². The molecule has 356 valence electrons. The fourth-order valence-electron chi connectivity index (χ4n) is 6.10. The fraction of sp³-hybridized carbons (Fsp3) is 0.320. The Morgan fingerprint density at radius 3 is 1.42 bits per heavy atom. The van der Waals surface area contributed by atoms with Crippen molar-refractivity contribution in [1.29, 1.82) is 10.5 Å². The van der Waals surface area contributed by atoms with Gasteiger partial charge in [0.25, 0.3) is 5.82 Å². The minimum absolute atomic E-state index is 0. The van der Waals surface area contributed by atoms with Gasteiger partial charge in [-0.1, -0.05) is 111 Å². The number of carbonyl (C=O) groups is 1. The van der Waals surface area contributed by atoms with Crippen molar-refractivity contribution in [1.82, 2.24) is 9.97 Å². The van der Waals surface area contributed by atoms with E-state index in [4.69, 9.17) is 77.0 Å². The minimum Gasteiger partial charge on any atom is -0.489 e. The lowest BCUT2D eigenvalue weighted by atomic mass is 9.77. The fourth-order valence-corrected chi connectivity index (χ4v) is 8.10. The summed E-state index contributed by atoms with van der Waals surface area (Å²) in [6.07, 6.45) is 0. The van der Waals surface area contributed by atoms with Crippen molar-refractivity contribution in [3.8, 4) is 35.1 Å². The topological polar surface area (TPSA) is 152 Å². The van der Waals surface area contributed by atoms with Crippen LogP contribution in [0.2, 0.25) is 10.0 Å². The standard InChI is InChI=1S/C23H19Cl2N3O2S.C23H20Cl2N2O4S.4CH4/c1-23(2,17-10-15(12-26)22(19(25)11-17)29-9-8-24)16-4-6-18(7-5-16)30-13-21-28-20(27-3)14-31-21;1-23(2,16-9-14(11-26)21(18(25)10-16)30-8-7-24)15-3-5-17(6-4-15)31-12-20-27-19(13-32-20)22(28)29;;;;/h4-7,10-11,14H,8-9,13H2,1-2H3;3-6,9-10,13H,7-8,12H2,1-2H3,(H,28,29);4*1H4. The number of rotatable bonds is 17. The summed E-state index contributed by atoms with van der Waals surface area (Å²) < 4.78 is 22.6. The summed E-state index contributed by atoms with van der Waals surface area (Å²) in [6, 6.07) is 26.8. The van der Waals surface area contributed by atoms with E-state index in [1.165, 1.54) is 28.1 Å². The number of nitriles is 2.